The van der Waals surface area contributed by atoms with Crippen LogP contribution in [0.5, 0.6) is 5.75 Å². The molecule has 0 radical (unpaired) electrons. The minimum absolute atomic E-state index is 0.502. The molecule has 20 heavy (non-hydrogen) atoms. The van der Waals surface area contributed by atoms with E-state index in [9.17, 15) is 0 Å². The molecule has 0 amide bonds. The molecule has 1 aromatic carbocycles. The first-order valence-electron chi connectivity index (χ1n) is 7.86. The molecule has 1 aliphatic rings. The van der Waals surface area contributed by atoms with Gasteiger partial charge in [-0.05, 0) is 57.3 Å². The van der Waals surface area contributed by atoms with Crippen LogP contribution in [0, 0.1) is 5.92 Å². The molecule has 112 valence electrons. The number of methoxy groups -OCH3 is 1. The summed E-state index contributed by atoms with van der Waals surface area (Å²) in [6, 6.07) is 8.72. The van der Waals surface area contributed by atoms with Crippen LogP contribution >= 0.6 is 0 Å². The summed E-state index contributed by atoms with van der Waals surface area (Å²) in [5, 5.41) is 3.64. The van der Waals surface area contributed by atoms with Crippen LogP contribution in [0.3, 0.4) is 0 Å². The number of hydrogen-bond donors (Lipinski definition) is 1. The highest BCUT2D eigenvalue weighted by Crippen LogP contribution is 2.24. The van der Waals surface area contributed by atoms with Crippen LogP contribution in [0.25, 0.3) is 0 Å². The third-order valence-corrected chi connectivity index (χ3v) is 4.25. The largest absolute Gasteiger partial charge is 0.497 e. The van der Waals surface area contributed by atoms with Gasteiger partial charge in [-0.3, -0.25) is 0 Å². The van der Waals surface area contributed by atoms with Gasteiger partial charge in [0.2, 0.25) is 0 Å². The van der Waals surface area contributed by atoms with Gasteiger partial charge in [-0.15, -0.1) is 0 Å². The second kappa shape index (κ2) is 7.53. The normalized spacial score (nSPS) is 21.4. The monoisotopic (exact) mass is 276 g/mol. The lowest BCUT2D eigenvalue weighted by molar-refractivity contribution is 0.165. The number of anilines is 1. The Kier molecular flexibility index (Phi) is 5.72. The first-order valence-corrected chi connectivity index (χ1v) is 7.86. The van der Waals surface area contributed by atoms with E-state index in [4.69, 9.17) is 4.74 Å². The number of benzene rings is 1. The molecular formula is C17H28N2O. The number of ether oxygens (including phenoxy) is 1. The summed E-state index contributed by atoms with van der Waals surface area (Å²) in [6.45, 7) is 8.31. The summed E-state index contributed by atoms with van der Waals surface area (Å²) in [7, 11) is 1.71. The SMILES string of the molecule is CCCN1CCCC(C(C)Nc2cccc(OC)c2)C1. The second-order valence-electron chi connectivity index (χ2n) is 5.87. The highest BCUT2D eigenvalue weighted by molar-refractivity contribution is 5.48. The maximum absolute atomic E-state index is 5.28. The van der Waals surface area contributed by atoms with Crippen molar-refractivity contribution in [1.82, 2.24) is 4.90 Å². The van der Waals surface area contributed by atoms with Gasteiger partial charge in [-0.2, -0.15) is 0 Å². The van der Waals surface area contributed by atoms with E-state index in [1.807, 2.05) is 12.1 Å². The summed E-state index contributed by atoms with van der Waals surface area (Å²) >= 11 is 0. The van der Waals surface area contributed by atoms with E-state index in [0.717, 1.165) is 17.4 Å². The lowest BCUT2D eigenvalue weighted by Crippen LogP contribution is -2.42. The van der Waals surface area contributed by atoms with Gasteiger partial charge in [0.1, 0.15) is 5.75 Å². The Labute approximate surface area is 123 Å². The van der Waals surface area contributed by atoms with Crippen molar-refractivity contribution in [3.05, 3.63) is 24.3 Å². The first kappa shape index (κ1) is 15.2. The highest BCUT2D eigenvalue weighted by atomic mass is 16.5. The van der Waals surface area contributed by atoms with E-state index >= 15 is 0 Å². The Bertz CT molecular complexity index is 406. The number of rotatable bonds is 6. The summed E-state index contributed by atoms with van der Waals surface area (Å²) in [5.74, 6) is 1.65. The molecule has 2 atom stereocenters. The number of nitrogens with zero attached hydrogens (tertiary/aromatic N) is 1. The summed E-state index contributed by atoms with van der Waals surface area (Å²) in [6.07, 6.45) is 3.91. The summed E-state index contributed by atoms with van der Waals surface area (Å²) in [5.41, 5.74) is 1.16. The van der Waals surface area contributed by atoms with Gasteiger partial charge in [0.25, 0.3) is 0 Å². The molecule has 1 fully saturated rings. The molecule has 2 unspecified atom stereocenters. The van der Waals surface area contributed by atoms with Crippen molar-refractivity contribution >= 4 is 5.69 Å². The molecule has 0 spiro atoms. The van der Waals surface area contributed by atoms with E-state index in [-0.39, 0.29) is 0 Å². The van der Waals surface area contributed by atoms with E-state index in [2.05, 4.69) is 36.2 Å². The first-order chi connectivity index (χ1) is 9.72. The predicted molar refractivity (Wildman–Crippen MR) is 85.5 cm³/mol. The molecule has 0 bridgehead atoms. The van der Waals surface area contributed by atoms with E-state index in [0.29, 0.717) is 6.04 Å². The Balaban J connectivity index is 1.91. The number of nitrogens with one attached hydrogen (secondary N) is 1. The van der Waals surface area contributed by atoms with Crippen LogP contribution in [0.2, 0.25) is 0 Å². The van der Waals surface area contributed by atoms with Crippen LogP contribution in [-0.2, 0) is 0 Å². The topological polar surface area (TPSA) is 24.5 Å². The Morgan fingerprint density at radius 1 is 1.45 bits per heavy atom. The van der Waals surface area contributed by atoms with Gasteiger partial charge in [-0.1, -0.05) is 13.0 Å². The fourth-order valence-electron chi connectivity index (χ4n) is 3.11. The van der Waals surface area contributed by atoms with Crippen molar-refractivity contribution in [3.8, 4) is 5.75 Å². The maximum Gasteiger partial charge on any atom is 0.120 e. The number of hydrogen-bond acceptors (Lipinski definition) is 3. The smallest absolute Gasteiger partial charge is 0.120 e. The fourth-order valence-corrected chi connectivity index (χ4v) is 3.11. The van der Waals surface area contributed by atoms with E-state index in [1.54, 1.807) is 7.11 Å². The standard InChI is InChI=1S/C17H28N2O/c1-4-10-19-11-6-7-15(13-19)14(2)18-16-8-5-9-17(12-16)20-3/h5,8-9,12,14-15,18H,4,6-7,10-11,13H2,1-3H3. The Morgan fingerprint density at radius 2 is 2.30 bits per heavy atom. The van der Waals surface area contributed by atoms with Crippen molar-refractivity contribution in [2.75, 3.05) is 32.1 Å². The lowest BCUT2D eigenvalue weighted by atomic mass is 9.91. The molecule has 1 saturated heterocycles. The maximum atomic E-state index is 5.28. The highest BCUT2D eigenvalue weighted by Gasteiger charge is 2.24. The van der Waals surface area contributed by atoms with E-state index < -0.39 is 0 Å². The second-order valence-corrected chi connectivity index (χ2v) is 5.87. The zero-order valence-electron chi connectivity index (χ0n) is 13.1. The molecule has 1 aromatic rings. The summed E-state index contributed by atoms with van der Waals surface area (Å²) in [4.78, 5) is 2.61. The molecule has 1 aliphatic heterocycles. The Morgan fingerprint density at radius 3 is 3.05 bits per heavy atom. The molecule has 3 heteroatoms. The molecule has 2 rings (SSSR count). The molecular weight excluding hydrogens is 248 g/mol. The van der Waals surface area contributed by atoms with Crippen molar-refractivity contribution in [3.63, 3.8) is 0 Å². The van der Waals surface area contributed by atoms with Gasteiger partial charge >= 0.3 is 0 Å². The van der Waals surface area contributed by atoms with Crippen molar-refractivity contribution in [2.24, 2.45) is 5.92 Å². The average Bonchev–Trinajstić information content (AvgIpc) is 2.48. The fraction of sp³-hybridized carbons (Fsp3) is 0.647. The van der Waals surface area contributed by atoms with Crippen LogP contribution in [0.15, 0.2) is 24.3 Å². The van der Waals surface area contributed by atoms with Gasteiger partial charge in [0.15, 0.2) is 0 Å². The minimum Gasteiger partial charge on any atom is -0.497 e. The zero-order valence-corrected chi connectivity index (χ0v) is 13.1. The lowest BCUT2D eigenvalue weighted by Gasteiger charge is -2.36. The van der Waals surface area contributed by atoms with Crippen LogP contribution in [-0.4, -0.2) is 37.7 Å². The predicted octanol–water partition coefficient (Wildman–Crippen LogP) is 3.62. The molecule has 1 heterocycles. The third-order valence-electron chi connectivity index (χ3n) is 4.25. The zero-order chi connectivity index (χ0) is 14.4. The van der Waals surface area contributed by atoms with Crippen LogP contribution in [0.1, 0.15) is 33.1 Å². The van der Waals surface area contributed by atoms with Crippen LogP contribution < -0.4 is 10.1 Å². The van der Waals surface area contributed by atoms with Crippen LogP contribution in [0.4, 0.5) is 5.69 Å². The number of piperidine rings is 1. The molecule has 0 aliphatic carbocycles. The Hall–Kier alpha value is -1.22. The third kappa shape index (κ3) is 4.14. The van der Waals surface area contributed by atoms with E-state index in [1.165, 1.54) is 38.9 Å². The molecule has 3 nitrogen and oxygen atoms in total. The van der Waals surface area contributed by atoms with Gasteiger partial charge < -0.3 is 15.0 Å². The van der Waals surface area contributed by atoms with Crippen molar-refractivity contribution in [2.45, 2.75) is 39.2 Å². The minimum atomic E-state index is 0.502. The average molecular weight is 276 g/mol. The summed E-state index contributed by atoms with van der Waals surface area (Å²) < 4.78 is 5.28. The van der Waals surface area contributed by atoms with Crippen molar-refractivity contribution in [1.29, 1.82) is 0 Å². The van der Waals surface area contributed by atoms with Gasteiger partial charge in [0.05, 0.1) is 7.11 Å². The molecule has 0 saturated carbocycles. The number of likely N-dealkylation sites (tertiary alicyclic amines) is 1. The van der Waals surface area contributed by atoms with Crippen molar-refractivity contribution < 1.29 is 4.74 Å². The molecule has 1 N–H and O–H groups in total. The molecule has 0 aromatic heterocycles. The quantitative estimate of drug-likeness (QED) is 0.859. The van der Waals surface area contributed by atoms with Gasteiger partial charge in [0, 0.05) is 24.3 Å². The van der Waals surface area contributed by atoms with Gasteiger partial charge in [-0.25, -0.2) is 0 Å².